The van der Waals surface area contributed by atoms with Crippen molar-refractivity contribution in [3.63, 3.8) is 0 Å². The zero-order chi connectivity index (χ0) is 14.8. The molecule has 0 saturated carbocycles. The first-order valence-corrected chi connectivity index (χ1v) is 6.48. The molecule has 0 amide bonds. The lowest BCUT2D eigenvalue weighted by Gasteiger charge is -2.19. The molecule has 1 atom stereocenters. The molecule has 0 aliphatic heterocycles. The van der Waals surface area contributed by atoms with Crippen LogP contribution >= 0.6 is 0 Å². The van der Waals surface area contributed by atoms with Gasteiger partial charge in [0.1, 0.15) is 16.1 Å². The van der Waals surface area contributed by atoms with Crippen molar-refractivity contribution in [1.82, 2.24) is 0 Å². The maximum Gasteiger partial charge on any atom is 0.285 e. The standard InChI is InChI=1S/C12H13F4NOS/c1-12(2,3)19(18)17-10(11(15)16)7-5-4-6-8(13)9(7)14/h4-6,11H,1-3H3/b17-10+. The summed E-state index contributed by atoms with van der Waals surface area (Å²) in [5.74, 6) is -2.68. The van der Waals surface area contributed by atoms with Crippen LogP contribution in [0.1, 0.15) is 26.3 Å². The van der Waals surface area contributed by atoms with E-state index in [0.29, 0.717) is 0 Å². The molecule has 0 saturated heterocycles. The van der Waals surface area contributed by atoms with E-state index < -0.39 is 45.4 Å². The summed E-state index contributed by atoms with van der Waals surface area (Å²) in [5.41, 5.74) is -1.68. The van der Waals surface area contributed by atoms with Crippen LogP contribution in [0.3, 0.4) is 0 Å². The molecule has 2 nitrogen and oxygen atoms in total. The van der Waals surface area contributed by atoms with Crippen molar-refractivity contribution in [3.05, 3.63) is 35.4 Å². The van der Waals surface area contributed by atoms with E-state index in [2.05, 4.69) is 4.40 Å². The van der Waals surface area contributed by atoms with Gasteiger partial charge in [-0.05, 0) is 32.9 Å². The van der Waals surface area contributed by atoms with Crippen LogP contribution in [0.15, 0.2) is 22.6 Å². The van der Waals surface area contributed by atoms with Crippen molar-refractivity contribution in [1.29, 1.82) is 0 Å². The second-order valence-electron chi connectivity index (χ2n) is 4.74. The summed E-state index contributed by atoms with van der Waals surface area (Å²) in [6.45, 7) is 4.62. The largest absolute Gasteiger partial charge is 0.591 e. The molecular formula is C12H13F4NOS. The van der Waals surface area contributed by atoms with Crippen molar-refractivity contribution >= 4 is 17.1 Å². The van der Waals surface area contributed by atoms with Gasteiger partial charge in [-0.2, -0.15) is 0 Å². The van der Waals surface area contributed by atoms with Gasteiger partial charge in [0.25, 0.3) is 6.43 Å². The topological polar surface area (TPSA) is 35.4 Å². The molecule has 1 rings (SSSR count). The summed E-state index contributed by atoms with van der Waals surface area (Å²) < 4.78 is 66.5. The molecule has 0 aliphatic carbocycles. The molecule has 0 fully saturated rings. The van der Waals surface area contributed by atoms with E-state index in [1.807, 2.05) is 0 Å². The Labute approximate surface area is 111 Å². The fourth-order valence-corrected chi connectivity index (χ4v) is 1.76. The quantitative estimate of drug-likeness (QED) is 0.477. The molecule has 0 aliphatic rings. The summed E-state index contributed by atoms with van der Waals surface area (Å²) in [4.78, 5) is 0. The van der Waals surface area contributed by atoms with Gasteiger partial charge < -0.3 is 4.55 Å². The first kappa shape index (κ1) is 16.0. The molecule has 0 spiro atoms. The molecule has 0 heterocycles. The van der Waals surface area contributed by atoms with E-state index >= 15 is 0 Å². The van der Waals surface area contributed by atoms with Crippen LogP contribution in [0.2, 0.25) is 0 Å². The smallest absolute Gasteiger partial charge is 0.285 e. The molecule has 19 heavy (non-hydrogen) atoms. The van der Waals surface area contributed by atoms with Crippen molar-refractivity contribution in [2.75, 3.05) is 0 Å². The molecule has 106 valence electrons. The molecule has 0 bridgehead atoms. The van der Waals surface area contributed by atoms with Gasteiger partial charge in [0.2, 0.25) is 0 Å². The number of nitrogens with zero attached hydrogens (tertiary/aromatic N) is 1. The Morgan fingerprint density at radius 2 is 1.84 bits per heavy atom. The van der Waals surface area contributed by atoms with Crippen LogP contribution in [-0.2, 0) is 11.4 Å². The summed E-state index contributed by atoms with van der Waals surface area (Å²) in [7, 11) is 0. The Kier molecular flexibility index (Phi) is 4.98. The lowest BCUT2D eigenvalue weighted by atomic mass is 10.1. The van der Waals surface area contributed by atoms with E-state index in [4.69, 9.17) is 0 Å². The Hall–Kier alpha value is -1.08. The van der Waals surface area contributed by atoms with Crippen LogP contribution in [0, 0.1) is 11.6 Å². The number of rotatable bonds is 3. The van der Waals surface area contributed by atoms with Crippen LogP contribution in [0.25, 0.3) is 0 Å². The molecule has 7 heteroatoms. The Bertz CT molecular complexity index is 485. The average molecular weight is 295 g/mol. The van der Waals surface area contributed by atoms with E-state index in [0.717, 1.165) is 18.2 Å². The summed E-state index contributed by atoms with van der Waals surface area (Å²) in [5, 5.41) is 0. The molecule has 0 radical (unpaired) electrons. The van der Waals surface area contributed by atoms with E-state index in [1.165, 1.54) is 20.8 Å². The first-order valence-electron chi connectivity index (χ1n) is 5.37. The summed E-state index contributed by atoms with van der Waals surface area (Å²) >= 11 is -1.98. The van der Waals surface area contributed by atoms with Crippen molar-refractivity contribution in [2.45, 2.75) is 31.9 Å². The second-order valence-corrected chi connectivity index (χ2v) is 6.65. The van der Waals surface area contributed by atoms with Gasteiger partial charge in [-0.25, -0.2) is 17.6 Å². The minimum absolute atomic E-state index is 0.674. The normalized spacial score (nSPS) is 14.9. The number of halogens is 4. The SMILES string of the molecule is CC(C)(C)[S+]([O-])/N=C(\c1cccc(F)c1F)C(F)F. The van der Waals surface area contributed by atoms with E-state index in [9.17, 15) is 22.1 Å². The lowest BCUT2D eigenvalue weighted by Crippen LogP contribution is -2.28. The maximum atomic E-state index is 13.5. The fraction of sp³-hybridized carbons (Fsp3) is 0.417. The van der Waals surface area contributed by atoms with Gasteiger partial charge in [-0.15, -0.1) is 0 Å². The maximum absolute atomic E-state index is 13.5. The number of benzene rings is 1. The Balaban J connectivity index is 3.30. The van der Waals surface area contributed by atoms with E-state index in [1.54, 1.807) is 0 Å². The van der Waals surface area contributed by atoms with Gasteiger partial charge in [-0.1, -0.05) is 10.5 Å². The minimum Gasteiger partial charge on any atom is -0.591 e. The minimum atomic E-state index is -3.15. The number of hydrogen-bond acceptors (Lipinski definition) is 2. The van der Waals surface area contributed by atoms with Crippen LogP contribution in [0.5, 0.6) is 0 Å². The predicted molar refractivity (Wildman–Crippen MR) is 66.8 cm³/mol. The van der Waals surface area contributed by atoms with Crippen molar-refractivity contribution in [3.8, 4) is 0 Å². The van der Waals surface area contributed by atoms with Crippen LogP contribution in [0.4, 0.5) is 17.6 Å². The van der Waals surface area contributed by atoms with Gasteiger partial charge in [0, 0.05) is 5.56 Å². The highest BCUT2D eigenvalue weighted by atomic mass is 32.2. The Morgan fingerprint density at radius 3 is 2.32 bits per heavy atom. The van der Waals surface area contributed by atoms with Crippen molar-refractivity contribution in [2.24, 2.45) is 4.40 Å². The molecule has 1 aromatic rings. The molecule has 0 N–H and O–H groups in total. The third-order valence-electron chi connectivity index (χ3n) is 2.14. The van der Waals surface area contributed by atoms with Gasteiger partial charge in [0.15, 0.2) is 17.3 Å². The fourth-order valence-electron chi connectivity index (χ4n) is 1.13. The highest BCUT2D eigenvalue weighted by Crippen LogP contribution is 2.22. The van der Waals surface area contributed by atoms with Crippen molar-refractivity contribution < 1.29 is 22.1 Å². The summed E-state index contributed by atoms with van der Waals surface area (Å²) in [6.07, 6.45) is -3.15. The third kappa shape index (κ3) is 3.94. The predicted octanol–water partition coefficient (Wildman–Crippen LogP) is 3.48. The zero-order valence-electron chi connectivity index (χ0n) is 10.6. The lowest BCUT2D eigenvalue weighted by molar-refractivity contribution is 0.226. The molecule has 1 unspecified atom stereocenters. The molecular weight excluding hydrogens is 282 g/mol. The Morgan fingerprint density at radius 1 is 1.26 bits per heavy atom. The molecule has 0 aromatic heterocycles. The van der Waals surface area contributed by atoms with Gasteiger partial charge in [0.05, 0.1) is 0 Å². The third-order valence-corrected chi connectivity index (χ3v) is 3.55. The highest BCUT2D eigenvalue weighted by molar-refractivity contribution is 7.91. The highest BCUT2D eigenvalue weighted by Gasteiger charge is 2.31. The summed E-state index contributed by atoms with van der Waals surface area (Å²) in [6, 6.07) is 2.87. The average Bonchev–Trinajstić information content (AvgIpc) is 2.28. The molecule has 1 aromatic carbocycles. The van der Waals surface area contributed by atoms with Gasteiger partial charge >= 0.3 is 0 Å². The number of alkyl halides is 2. The van der Waals surface area contributed by atoms with Crippen LogP contribution < -0.4 is 0 Å². The monoisotopic (exact) mass is 295 g/mol. The second kappa shape index (κ2) is 5.92. The van der Waals surface area contributed by atoms with E-state index in [-0.39, 0.29) is 0 Å². The number of hydrogen-bond donors (Lipinski definition) is 0. The first-order chi connectivity index (χ1) is 8.64. The van der Waals surface area contributed by atoms with Crippen LogP contribution in [-0.4, -0.2) is 21.4 Å². The zero-order valence-corrected chi connectivity index (χ0v) is 11.4. The van der Waals surface area contributed by atoms with Gasteiger partial charge in [-0.3, -0.25) is 0 Å².